The Morgan fingerprint density at radius 1 is 1.26 bits per heavy atom. The molecule has 3 aromatic rings. The number of hydrogen-bond acceptors (Lipinski definition) is 7. The van der Waals surface area contributed by atoms with Gasteiger partial charge >= 0.3 is 0 Å². The number of benzene rings is 1. The second kappa shape index (κ2) is 8.28. The van der Waals surface area contributed by atoms with Gasteiger partial charge in [-0.15, -0.1) is 10.2 Å². The SMILES string of the molecule is Cc1cc(C)c(Nc2nnc(SCC(=O)Nc3cc(C)nn3C)s2)c(Cl)c1. The van der Waals surface area contributed by atoms with E-state index in [1.165, 1.54) is 23.1 Å². The molecule has 10 heteroatoms. The van der Waals surface area contributed by atoms with Crippen molar-refractivity contribution in [2.75, 3.05) is 16.4 Å². The van der Waals surface area contributed by atoms with Crippen LogP contribution in [0.4, 0.5) is 16.6 Å². The second-order valence-electron chi connectivity index (χ2n) is 6.07. The van der Waals surface area contributed by atoms with Crippen molar-refractivity contribution in [3.63, 3.8) is 0 Å². The molecule has 0 fully saturated rings. The second-order valence-corrected chi connectivity index (χ2v) is 8.68. The van der Waals surface area contributed by atoms with Crippen molar-refractivity contribution in [1.29, 1.82) is 0 Å². The Bertz CT molecular complexity index is 961. The third-order valence-corrected chi connectivity index (χ3v) is 5.94. The Balaban J connectivity index is 1.58. The van der Waals surface area contributed by atoms with Crippen LogP contribution < -0.4 is 10.6 Å². The van der Waals surface area contributed by atoms with E-state index in [9.17, 15) is 4.79 Å². The molecule has 2 aromatic heterocycles. The number of nitrogens with zero attached hydrogens (tertiary/aromatic N) is 4. The summed E-state index contributed by atoms with van der Waals surface area (Å²) < 4.78 is 2.34. The highest BCUT2D eigenvalue weighted by molar-refractivity contribution is 8.01. The van der Waals surface area contributed by atoms with Gasteiger partial charge in [-0.05, 0) is 38.0 Å². The van der Waals surface area contributed by atoms with Gasteiger partial charge in [-0.1, -0.05) is 40.8 Å². The van der Waals surface area contributed by atoms with Gasteiger partial charge in [0.05, 0.1) is 22.2 Å². The normalized spacial score (nSPS) is 10.9. The first kappa shape index (κ1) is 19.7. The molecule has 0 atom stereocenters. The molecule has 0 aliphatic carbocycles. The van der Waals surface area contributed by atoms with Crippen molar-refractivity contribution in [3.8, 4) is 0 Å². The molecule has 3 rings (SSSR count). The lowest BCUT2D eigenvalue weighted by atomic mass is 10.1. The first-order valence-corrected chi connectivity index (χ1v) is 10.3. The minimum absolute atomic E-state index is 0.120. The minimum atomic E-state index is -0.120. The van der Waals surface area contributed by atoms with Crippen molar-refractivity contribution in [1.82, 2.24) is 20.0 Å². The largest absolute Gasteiger partial charge is 0.329 e. The predicted octanol–water partition coefficient (Wildman–Crippen LogP) is 4.32. The molecule has 142 valence electrons. The summed E-state index contributed by atoms with van der Waals surface area (Å²) in [6.07, 6.45) is 0. The molecule has 1 aromatic carbocycles. The van der Waals surface area contributed by atoms with Crippen molar-refractivity contribution in [2.45, 2.75) is 25.1 Å². The van der Waals surface area contributed by atoms with Gasteiger partial charge in [0, 0.05) is 13.1 Å². The van der Waals surface area contributed by atoms with E-state index in [0.717, 1.165) is 22.5 Å². The fraction of sp³-hybridized carbons (Fsp3) is 0.294. The molecule has 0 aliphatic heterocycles. The zero-order valence-electron chi connectivity index (χ0n) is 15.3. The number of thioether (sulfide) groups is 1. The van der Waals surface area contributed by atoms with Crippen LogP contribution in [0.25, 0.3) is 0 Å². The molecular formula is C17H19ClN6OS2. The number of aryl methyl sites for hydroxylation is 4. The number of rotatable bonds is 6. The number of nitrogens with one attached hydrogen (secondary N) is 2. The number of halogens is 1. The van der Waals surface area contributed by atoms with Crippen LogP contribution in [0.2, 0.25) is 5.02 Å². The summed E-state index contributed by atoms with van der Waals surface area (Å²) in [6, 6.07) is 5.77. The van der Waals surface area contributed by atoms with Crippen molar-refractivity contribution in [2.24, 2.45) is 7.05 Å². The van der Waals surface area contributed by atoms with Crippen LogP contribution in [0, 0.1) is 20.8 Å². The molecule has 7 nitrogen and oxygen atoms in total. The van der Waals surface area contributed by atoms with E-state index >= 15 is 0 Å². The number of carbonyl (C=O) groups is 1. The maximum Gasteiger partial charge on any atom is 0.235 e. The molecule has 0 bridgehead atoms. The summed E-state index contributed by atoms with van der Waals surface area (Å²) in [5, 5.41) is 19.8. The Labute approximate surface area is 170 Å². The Hall–Kier alpha value is -2.10. The first-order chi connectivity index (χ1) is 12.8. The van der Waals surface area contributed by atoms with Gasteiger partial charge in [-0.25, -0.2) is 0 Å². The zero-order chi connectivity index (χ0) is 19.6. The monoisotopic (exact) mass is 422 g/mol. The zero-order valence-corrected chi connectivity index (χ0v) is 17.7. The van der Waals surface area contributed by atoms with Crippen LogP contribution in [-0.4, -0.2) is 31.6 Å². The van der Waals surface area contributed by atoms with Gasteiger partial charge in [0.25, 0.3) is 0 Å². The molecular weight excluding hydrogens is 404 g/mol. The van der Waals surface area contributed by atoms with E-state index in [2.05, 4.69) is 32.0 Å². The summed E-state index contributed by atoms with van der Waals surface area (Å²) >= 11 is 9.03. The maximum atomic E-state index is 12.1. The van der Waals surface area contributed by atoms with Crippen molar-refractivity contribution >= 4 is 57.2 Å². The Kier molecular flexibility index (Phi) is 6.03. The van der Waals surface area contributed by atoms with Crippen LogP contribution in [0.3, 0.4) is 0 Å². The molecule has 0 spiro atoms. The quantitative estimate of drug-likeness (QED) is 0.575. The average molecular weight is 423 g/mol. The highest BCUT2D eigenvalue weighted by Gasteiger charge is 2.12. The van der Waals surface area contributed by atoms with Crippen LogP contribution in [0.1, 0.15) is 16.8 Å². The lowest BCUT2D eigenvalue weighted by Crippen LogP contribution is -2.16. The fourth-order valence-electron chi connectivity index (χ4n) is 2.53. The van der Waals surface area contributed by atoms with Gasteiger partial charge < -0.3 is 10.6 Å². The van der Waals surface area contributed by atoms with Crippen LogP contribution >= 0.6 is 34.7 Å². The number of aromatic nitrogens is 4. The number of carbonyl (C=O) groups excluding carboxylic acids is 1. The van der Waals surface area contributed by atoms with Crippen LogP contribution in [0.5, 0.6) is 0 Å². The number of amides is 1. The van der Waals surface area contributed by atoms with E-state index in [1.54, 1.807) is 11.7 Å². The summed E-state index contributed by atoms with van der Waals surface area (Å²) in [4.78, 5) is 12.1. The third kappa shape index (κ3) is 5.00. The topological polar surface area (TPSA) is 84.7 Å². The Morgan fingerprint density at radius 2 is 2.04 bits per heavy atom. The number of anilines is 3. The smallest absolute Gasteiger partial charge is 0.235 e. The third-order valence-electron chi connectivity index (χ3n) is 3.67. The first-order valence-electron chi connectivity index (χ1n) is 8.12. The molecule has 27 heavy (non-hydrogen) atoms. The lowest BCUT2D eigenvalue weighted by Gasteiger charge is -2.09. The maximum absolute atomic E-state index is 12.1. The lowest BCUT2D eigenvalue weighted by molar-refractivity contribution is -0.113. The van der Waals surface area contributed by atoms with Gasteiger partial charge in [0.1, 0.15) is 5.82 Å². The standard InChI is InChI=1S/C17H19ClN6OS2/c1-9-5-10(2)15(12(18)6-9)20-16-21-22-17(27-16)26-8-14(25)19-13-7-11(3)23-24(13)4/h5-7H,8H2,1-4H3,(H,19,25)(H,20,21). The summed E-state index contributed by atoms with van der Waals surface area (Å²) in [5.74, 6) is 0.788. The highest BCUT2D eigenvalue weighted by atomic mass is 35.5. The number of hydrogen-bond donors (Lipinski definition) is 2. The molecule has 2 heterocycles. The van der Waals surface area contributed by atoms with E-state index in [4.69, 9.17) is 11.6 Å². The molecule has 0 saturated carbocycles. The molecule has 0 unspecified atom stereocenters. The van der Waals surface area contributed by atoms with Gasteiger partial charge in [-0.2, -0.15) is 5.10 Å². The fourth-order valence-corrected chi connectivity index (χ4v) is 4.46. The van der Waals surface area contributed by atoms with E-state index in [-0.39, 0.29) is 11.7 Å². The van der Waals surface area contributed by atoms with Gasteiger partial charge in [-0.3, -0.25) is 9.48 Å². The molecule has 0 saturated heterocycles. The van der Waals surface area contributed by atoms with Crippen molar-refractivity contribution in [3.05, 3.63) is 40.0 Å². The summed E-state index contributed by atoms with van der Waals surface area (Å²) in [5.41, 5.74) is 3.81. The highest BCUT2D eigenvalue weighted by Crippen LogP contribution is 2.33. The average Bonchev–Trinajstić information content (AvgIpc) is 3.15. The van der Waals surface area contributed by atoms with E-state index in [1.807, 2.05) is 32.9 Å². The summed E-state index contributed by atoms with van der Waals surface area (Å²) in [6.45, 7) is 5.87. The van der Waals surface area contributed by atoms with Crippen LogP contribution in [0.15, 0.2) is 22.5 Å². The van der Waals surface area contributed by atoms with Crippen LogP contribution in [-0.2, 0) is 11.8 Å². The van der Waals surface area contributed by atoms with E-state index < -0.39 is 0 Å². The van der Waals surface area contributed by atoms with Gasteiger partial charge in [0.15, 0.2) is 4.34 Å². The predicted molar refractivity (Wildman–Crippen MR) is 111 cm³/mol. The molecule has 0 aliphatic rings. The minimum Gasteiger partial charge on any atom is -0.329 e. The van der Waals surface area contributed by atoms with Crippen molar-refractivity contribution < 1.29 is 4.79 Å². The molecule has 2 N–H and O–H groups in total. The Morgan fingerprint density at radius 3 is 2.70 bits per heavy atom. The molecule has 1 amide bonds. The summed E-state index contributed by atoms with van der Waals surface area (Å²) in [7, 11) is 1.79. The molecule has 0 radical (unpaired) electrons. The van der Waals surface area contributed by atoms with E-state index in [0.29, 0.717) is 20.3 Å². The van der Waals surface area contributed by atoms with Gasteiger partial charge in [0.2, 0.25) is 11.0 Å².